The highest BCUT2D eigenvalue weighted by Gasteiger charge is 2.38. The van der Waals surface area contributed by atoms with Crippen LogP contribution in [0.15, 0.2) is 13.2 Å². The van der Waals surface area contributed by atoms with Crippen molar-refractivity contribution in [2.24, 2.45) is 0 Å². The average molecular weight is 271 g/mol. The van der Waals surface area contributed by atoms with Crippen LogP contribution in [0.2, 0.25) is 0 Å². The predicted octanol–water partition coefficient (Wildman–Crippen LogP) is 4.42. The van der Waals surface area contributed by atoms with Gasteiger partial charge in [-0.1, -0.05) is 13.8 Å². The van der Waals surface area contributed by atoms with Gasteiger partial charge in [-0.05, 0) is 61.6 Å². The topological polar surface area (TPSA) is 6.48 Å². The number of piperidine rings is 1. The molecule has 0 amide bonds. The second-order valence-electron chi connectivity index (χ2n) is 6.13. The third kappa shape index (κ3) is 6.09. The Bertz CT molecular complexity index is 223. The average Bonchev–Trinajstić information content (AvgIpc) is 2.39. The first kappa shape index (κ1) is 21.0. The Morgan fingerprint density at radius 1 is 1.21 bits per heavy atom. The van der Waals surface area contributed by atoms with E-state index in [0.717, 1.165) is 6.04 Å². The molecule has 1 rings (SSSR count). The van der Waals surface area contributed by atoms with Gasteiger partial charge in [0.1, 0.15) is 0 Å². The minimum absolute atomic E-state index is 0.339. The van der Waals surface area contributed by atoms with E-state index in [0.29, 0.717) is 17.6 Å². The van der Waals surface area contributed by atoms with Gasteiger partial charge >= 0.3 is 0 Å². The Kier molecular flexibility index (Phi) is 10.5. The van der Waals surface area contributed by atoms with Crippen LogP contribution in [0, 0.1) is 0 Å². The smallest absolute Gasteiger partial charge is 0.0167 e. The number of likely N-dealkylation sites (tertiary alicyclic amines) is 1. The molecule has 0 aromatic carbocycles. The monoisotopic (exact) mass is 270 g/mol. The van der Waals surface area contributed by atoms with Crippen molar-refractivity contribution < 1.29 is 0 Å². The van der Waals surface area contributed by atoms with Crippen molar-refractivity contribution >= 4 is 0 Å². The fourth-order valence-electron chi connectivity index (χ4n) is 2.68. The van der Waals surface area contributed by atoms with Crippen LogP contribution in [-0.4, -0.2) is 47.6 Å². The zero-order chi connectivity index (χ0) is 15.8. The highest BCUT2D eigenvalue weighted by atomic mass is 15.2. The zero-order valence-corrected chi connectivity index (χ0v) is 15.0. The standard InChI is InChI=1S/C13H28N2.C2H6.C2H4/c1-10(2)14(6)12-8-11(3)15(7)13(4,5)9-12;2*1-2/h10-12H,8-9H2,1-7H3;1-2H3;1-2H2. The molecule has 1 saturated heterocycles. The van der Waals surface area contributed by atoms with Crippen LogP contribution in [0.4, 0.5) is 0 Å². The maximum Gasteiger partial charge on any atom is 0.0167 e. The summed E-state index contributed by atoms with van der Waals surface area (Å²) in [7, 11) is 4.53. The van der Waals surface area contributed by atoms with E-state index >= 15 is 0 Å². The lowest BCUT2D eigenvalue weighted by Gasteiger charge is -2.50. The molecule has 1 aliphatic rings. The Hall–Kier alpha value is -0.340. The van der Waals surface area contributed by atoms with Gasteiger partial charge < -0.3 is 4.90 Å². The van der Waals surface area contributed by atoms with E-state index in [1.54, 1.807) is 0 Å². The Morgan fingerprint density at radius 2 is 1.63 bits per heavy atom. The van der Waals surface area contributed by atoms with Crippen LogP contribution in [0.3, 0.4) is 0 Å². The molecule has 2 nitrogen and oxygen atoms in total. The zero-order valence-electron chi connectivity index (χ0n) is 15.0. The van der Waals surface area contributed by atoms with Crippen LogP contribution in [0.25, 0.3) is 0 Å². The summed E-state index contributed by atoms with van der Waals surface area (Å²) in [6, 6.07) is 2.09. The Balaban J connectivity index is 0. The van der Waals surface area contributed by atoms with Gasteiger partial charge in [-0.25, -0.2) is 0 Å². The highest BCUT2D eigenvalue weighted by molar-refractivity contribution is 4.95. The molecule has 2 atom stereocenters. The maximum atomic E-state index is 3.00. The summed E-state index contributed by atoms with van der Waals surface area (Å²) in [5, 5.41) is 0. The van der Waals surface area contributed by atoms with Crippen LogP contribution in [0.1, 0.15) is 61.3 Å². The van der Waals surface area contributed by atoms with Gasteiger partial charge in [-0.15, -0.1) is 13.2 Å². The van der Waals surface area contributed by atoms with Gasteiger partial charge in [-0.2, -0.15) is 0 Å². The molecule has 0 aromatic heterocycles. The summed E-state index contributed by atoms with van der Waals surface area (Å²) in [5.74, 6) is 0. The molecule has 1 heterocycles. The van der Waals surface area contributed by atoms with Gasteiger partial charge in [0.05, 0.1) is 0 Å². The van der Waals surface area contributed by atoms with E-state index in [-0.39, 0.29) is 0 Å². The molecule has 2 heteroatoms. The number of rotatable bonds is 2. The summed E-state index contributed by atoms with van der Waals surface area (Å²) in [4.78, 5) is 5.06. The van der Waals surface area contributed by atoms with Gasteiger partial charge in [-0.3, -0.25) is 4.90 Å². The van der Waals surface area contributed by atoms with Crippen molar-refractivity contribution in [2.75, 3.05) is 14.1 Å². The van der Waals surface area contributed by atoms with Crippen LogP contribution < -0.4 is 0 Å². The van der Waals surface area contributed by atoms with Gasteiger partial charge in [0.15, 0.2) is 0 Å². The van der Waals surface area contributed by atoms with Crippen molar-refractivity contribution in [3.63, 3.8) is 0 Å². The predicted molar refractivity (Wildman–Crippen MR) is 89.8 cm³/mol. The Morgan fingerprint density at radius 3 is 1.95 bits per heavy atom. The Labute approximate surface area is 122 Å². The lowest BCUT2D eigenvalue weighted by molar-refractivity contribution is 0.000181. The first-order chi connectivity index (χ1) is 8.75. The molecular weight excluding hydrogens is 232 g/mol. The van der Waals surface area contributed by atoms with Crippen LogP contribution in [-0.2, 0) is 0 Å². The fourth-order valence-corrected chi connectivity index (χ4v) is 2.68. The maximum absolute atomic E-state index is 3.00. The van der Waals surface area contributed by atoms with Gasteiger partial charge in [0, 0.05) is 23.7 Å². The molecule has 0 aromatic rings. The van der Waals surface area contributed by atoms with E-state index in [1.165, 1.54) is 12.8 Å². The lowest BCUT2D eigenvalue weighted by atomic mass is 9.83. The molecule has 0 spiro atoms. The molecule has 1 fully saturated rings. The number of hydrogen-bond donors (Lipinski definition) is 0. The van der Waals surface area contributed by atoms with Gasteiger partial charge in [0.2, 0.25) is 0 Å². The highest BCUT2D eigenvalue weighted by Crippen LogP contribution is 2.32. The first-order valence-electron chi connectivity index (χ1n) is 7.70. The SMILES string of the molecule is C=C.CC.CC(C)N(C)C1CC(C)N(C)C(C)(C)C1. The van der Waals surface area contributed by atoms with E-state index in [4.69, 9.17) is 0 Å². The molecular formula is C17H38N2. The van der Waals surface area contributed by atoms with Crippen LogP contribution in [0.5, 0.6) is 0 Å². The summed E-state index contributed by atoms with van der Waals surface area (Å²) < 4.78 is 0. The molecule has 0 radical (unpaired) electrons. The third-order valence-corrected chi connectivity index (χ3v) is 4.35. The molecule has 0 N–H and O–H groups in total. The summed E-state index contributed by atoms with van der Waals surface area (Å²) in [6.45, 7) is 21.7. The number of nitrogens with zero attached hydrogens (tertiary/aromatic N) is 2. The lowest BCUT2D eigenvalue weighted by Crippen LogP contribution is -2.57. The minimum atomic E-state index is 0.339. The van der Waals surface area contributed by atoms with Crippen molar-refractivity contribution in [1.29, 1.82) is 0 Å². The van der Waals surface area contributed by atoms with E-state index < -0.39 is 0 Å². The minimum Gasteiger partial charge on any atom is -0.301 e. The van der Waals surface area contributed by atoms with Crippen molar-refractivity contribution in [3.05, 3.63) is 13.2 Å². The molecule has 116 valence electrons. The quantitative estimate of drug-likeness (QED) is 0.686. The largest absolute Gasteiger partial charge is 0.301 e. The van der Waals surface area contributed by atoms with Crippen molar-refractivity contribution in [2.45, 2.75) is 85.0 Å². The number of hydrogen-bond acceptors (Lipinski definition) is 2. The fraction of sp³-hybridized carbons (Fsp3) is 0.882. The molecule has 2 unspecified atom stereocenters. The molecule has 0 saturated carbocycles. The van der Waals surface area contributed by atoms with E-state index in [9.17, 15) is 0 Å². The third-order valence-electron chi connectivity index (χ3n) is 4.35. The van der Waals surface area contributed by atoms with Crippen LogP contribution >= 0.6 is 0 Å². The normalized spacial score (nSPS) is 26.3. The summed E-state index contributed by atoms with van der Waals surface area (Å²) in [5.41, 5.74) is 0.339. The summed E-state index contributed by atoms with van der Waals surface area (Å²) in [6.07, 6.45) is 2.58. The molecule has 1 aliphatic heterocycles. The summed E-state index contributed by atoms with van der Waals surface area (Å²) >= 11 is 0. The second kappa shape index (κ2) is 9.55. The van der Waals surface area contributed by atoms with Crippen molar-refractivity contribution in [3.8, 4) is 0 Å². The molecule has 19 heavy (non-hydrogen) atoms. The van der Waals surface area contributed by atoms with E-state index in [2.05, 4.69) is 71.7 Å². The molecule has 0 aliphatic carbocycles. The molecule has 0 bridgehead atoms. The second-order valence-corrected chi connectivity index (χ2v) is 6.13. The van der Waals surface area contributed by atoms with Crippen molar-refractivity contribution in [1.82, 2.24) is 9.80 Å². The first-order valence-corrected chi connectivity index (χ1v) is 7.70. The van der Waals surface area contributed by atoms with E-state index in [1.807, 2.05) is 13.8 Å². The van der Waals surface area contributed by atoms with Gasteiger partial charge in [0.25, 0.3) is 0 Å².